The summed E-state index contributed by atoms with van der Waals surface area (Å²) < 4.78 is 7.26. The van der Waals surface area contributed by atoms with Crippen molar-refractivity contribution in [3.05, 3.63) is 65.4 Å². The molecule has 1 N–H and O–H groups in total. The maximum Gasteiger partial charge on any atom is 0.246 e. The molecule has 0 atom stereocenters. The molecular formula is C25H30N4O2. The van der Waals surface area contributed by atoms with E-state index in [4.69, 9.17) is 9.84 Å². The van der Waals surface area contributed by atoms with Gasteiger partial charge in [0.1, 0.15) is 6.54 Å². The number of aromatic nitrogens is 2. The summed E-state index contributed by atoms with van der Waals surface area (Å²) in [6.07, 6.45) is 2.85. The molecule has 0 saturated carbocycles. The van der Waals surface area contributed by atoms with Gasteiger partial charge >= 0.3 is 0 Å². The lowest BCUT2D eigenvalue weighted by molar-refractivity contribution is -0.116. The van der Waals surface area contributed by atoms with Gasteiger partial charge < -0.3 is 15.0 Å². The van der Waals surface area contributed by atoms with Crippen LogP contribution in [0.5, 0.6) is 0 Å². The van der Waals surface area contributed by atoms with Gasteiger partial charge in [0.2, 0.25) is 5.91 Å². The first-order valence-electron chi connectivity index (χ1n) is 10.9. The van der Waals surface area contributed by atoms with E-state index in [9.17, 15) is 4.79 Å². The topological polar surface area (TPSA) is 59.4 Å². The molecule has 6 nitrogen and oxygen atoms in total. The van der Waals surface area contributed by atoms with Crippen molar-refractivity contribution >= 4 is 17.4 Å². The van der Waals surface area contributed by atoms with Crippen molar-refractivity contribution in [3.63, 3.8) is 0 Å². The number of benzene rings is 2. The van der Waals surface area contributed by atoms with E-state index in [0.29, 0.717) is 13.2 Å². The molecular weight excluding hydrogens is 388 g/mol. The van der Waals surface area contributed by atoms with Crippen LogP contribution in [0.3, 0.4) is 0 Å². The highest BCUT2D eigenvalue weighted by molar-refractivity contribution is 5.92. The van der Waals surface area contributed by atoms with Crippen LogP contribution in [0.2, 0.25) is 0 Å². The highest BCUT2D eigenvalue weighted by Crippen LogP contribution is 2.30. The van der Waals surface area contributed by atoms with Gasteiger partial charge in [0.05, 0.1) is 13.2 Å². The highest BCUT2D eigenvalue weighted by atomic mass is 16.5. The van der Waals surface area contributed by atoms with Crippen LogP contribution in [-0.2, 0) is 22.5 Å². The maximum atomic E-state index is 12.9. The molecule has 1 amide bonds. The number of carbonyl (C=O) groups is 1. The van der Waals surface area contributed by atoms with Crippen molar-refractivity contribution in [2.24, 2.45) is 0 Å². The minimum absolute atomic E-state index is 0.0736. The van der Waals surface area contributed by atoms with E-state index in [0.717, 1.165) is 53.3 Å². The molecule has 31 heavy (non-hydrogen) atoms. The van der Waals surface area contributed by atoms with E-state index < -0.39 is 0 Å². The molecule has 6 heteroatoms. The van der Waals surface area contributed by atoms with Crippen molar-refractivity contribution in [1.29, 1.82) is 0 Å². The van der Waals surface area contributed by atoms with Crippen LogP contribution >= 0.6 is 0 Å². The molecule has 0 spiro atoms. The van der Waals surface area contributed by atoms with Gasteiger partial charge in [-0.3, -0.25) is 9.48 Å². The first-order valence-corrected chi connectivity index (χ1v) is 10.9. The summed E-state index contributed by atoms with van der Waals surface area (Å²) in [4.78, 5) is 15.1. The average molecular weight is 419 g/mol. The smallest absolute Gasteiger partial charge is 0.246 e. The number of nitrogens with one attached hydrogen (secondary N) is 1. The Morgan fingerprint density at radius 3 is 2.55 bits per heavy atom. The largest absolute Gasteiger partial charge is 0.378 e. The molecule has 0 bridgehead atoms. The Labute approximate surface area is 183 Å². The summed E-state index contributed by atoms with van der Waals surface area (Å²) >= 11 is 0. The number of carbonyl (C=O) groups excluding carboxylic acids is 1. The second kappa shape index (κ2) is 9.35. The molecule has 1 aromatic heterocycles. The number of hydrogen-bond acceptors (Lipinski definition) is 4. The van der Waals surface area contributed by atoms with Crippen molar-refractivity contribution < 1.29 is 9.53 Å². The SMILES string of the molecule is CCc1cccc(C)c1NC(=O)Cn1cc(-c2ccc(C)cc2)c(N2CCOCC2)n1. The summed E-state index contributed by atoms with van der Waals surface area (Å²) in [5, 5.41) is 7.91. The Kier molecular flexibility index (Phi) is 6.37. The van der Waals surface area contributed by atoms with Crippen LogP contribution in [0, 0.1) is 13.8 Å². The Balaban J connectivity index is 1.60. The molecule has 0 unspecified atom stereocenters. The van der Waals surface area contributed by atoms with E-state index in [1.807, 2.05) is 25.3 Å². The Morgan fingerprint density at radius 2 is 1.84 bits per heavy atom. The summed E-state index contributed by atoms with van der Waals surface area (Å²) in [7, 11) is 0. The fraction of sp³-hybridized carbons (Fsp3) is 0.360. The number of ether oxygens (including phenoxy) is 1. The number of rotatable bonds is 6. The third-order valence-electron chi connectivity index (χ3n) is 5.73. The lowest BCUT2D eigenvalue weighted by Gasteiger charge is -2.27. The van der Waals surface area contributed by atoms with Gasteiger partial charge in [-0.25, -0.2) is 0 Å². The van der Waals surface area contributed by atoms with Gasteiger partial charge in [-0.1, -0.05) is 55.0 Å². The molecule has 4 rings (SSSR count). The lowest BCUT2D eigenvalue weighted by atomic mass is 10.1. The molecule has 1 fully saturated rings. The predicted octanol–water partition coefficient (Wildman–Crippen LogP) is 4.20. The zero-order valence-electron chi connectivity index (χ0n) is 18.5. The first-order chi connectivity index (χ1) is 15.0. The average Bonchev–Trinajstić information content (AvgIpc) is 3.20. The predicted molar refractivity (Wildman–Crippen MR) is 125 cm³/mol. The minimum Gasteiger partial charge on any atom is -0.378 e. The number of para-hydroxylation sites is 1. The summed E-state index contributed by atoms with van der Waals surface area (Å²) in [5.41, 5.74) is 6.49. The third kappa shape index (κ3) is 4.80. The van der Waals surface area contributed by atoms with Crippen LogP contribution in [-0.4, -0.2) is 42.0 Å². The minimum atomic E-state index is -0.0736. The van der Waals surface area contributed by atoms with Crippen LogP contribution in [0.4, 0.5) is 11.5 Å². The van der Waals surface area contributed by atoms with E-state index >= 15 is 0 Å². The van der Waals surface area contributed by atoms with Gasteiger partial charge in [0.15, 0.2) is 5.82 Å². The fourth-order valence-electron chi connectivity index (χ4n) is 3.97. The monoisotopic (exact) mass is 418 g/mol. The second-order valence-corrected chi connectivity index (χ2v) is 8.04. The van der Waals surface area contributed by atoms with Crippen LogP contribution in [0.25, 0.3) is 11.1 Å². The number of nitrogens with zero attached hydrogens (tertiary/aromatic N) is 3. The Morgan fingerprint density at radius 1 is 1.10 bits per heavy atom. The summed E-state index contributed by atoms with van der Waals surface area (Å²) in [6, 6.07) is 14.5. The molecule has 1 aliphatic heterocycles. The van der Waals surface area contributed by atoms with E-state index in [1.54, 1.807) is 4.68 Å². The molecule has 3 aromatic rings. The van der Waals surface area contributed by atoms with Gasteiger partial charge in [0, 0.05) is 30.5 Å². The van der Waals surface area contributed by atoms with E-state index in [-0.39, 0.29) is 12.5 Å². The molecule has 2 heterocycles. The molecule has 0 aliphatic carbocycles. The van der Waals surface area contributed by atoms with E-state index in [2.05, 4.69) is 54.4 Å². The highest BCUT2D eigenvalue weighted by Gasteiger charge is 2.21. The standard InChI is InChI=1S/C25H30N4O2/c1-4-20-7-5-6-19(3)24(20)26-23(30)17-29-16-22(21-10-8-18(2)9-11-21)25(27-29)28-12-14-31-15-13-28/h5-11,16H,4,12-15,17H2,1-3H3,(H,26,30). The van der Waals surface area contributed by atoms with Crippen molar-refractivity contribution in [2.75, 3.05) is 36.5 Å². The third-order valence-corrected chi connectivity index (χ3v) is 5.73. The van der Waals surface area contributed by atoms with Gasteiger partial charge in [-0.15, -0.1) is 0 Å². The number of amides is 1. The number of anilines is 2. The van der Waals surface area contributed by atoms with Gasteiger partial charge in [-0.2, -0.15) is 5.10 Å². The van der Waals surface area contributed by atoms with Crippen molar-refractivity contribution in [2.45, 2.75) is 33.7 Å². The lowest BCUT2D eigenvalue weighted by Crippen LogP contribution is -2.36. The quantitative estimate of drug-likeness (QED) is 0.652. The van der Waals surface area contributed by atoms with Gasteiger partial charge in [0.25, 0.3) is 0 Å². The van der Waals surface area contributed by atoms with Crippen LogP contribution < -0.4 is 10.2 Å². The first kappa shape index (κ1) is 21.1. The summed E-state index contributed by atoms with van der Waals surface area (Å²) in [5.74, 6) is 0.834. The fourth-order valence-corrected chi connectivity index (χ4v) is 3.97. The number of hydrogen-bond donors (Lipinski definition) is 1. The zero-order chi connectivity index (χ0) is 21.8. The number of aryl methyl sites for hydroxylation is 3. The van der Waals surface area contributed by atoms with Crippen molar-refractivity contribution in [1.82, 2.24) is 9.78 Å². The summed E-state index contributed by atoms with van der Waals surface area (Å²) in [6.45, 7) is 9.34. The number of morpholine rings is 1. The normalized spacial score (nSPS) is 14.0. The Bertz CT molecular complexity index is 1050. The molecule has 0 radical (unpaired) electrons. The Hall–Kier alpha value is -3.12. The van der Waals surface area contributed by atoms with Crippen LogP contribution in [0.1, 0.15) is 23.6 Å². The van der Waals surface area contributed by atoms with E-state index in [1.165, 1.54) is 5.56 Å². The molecule has 2 aromatic carbocycles. The van der Waals surface area contributed by atoms with Crippen LogP contribution in [0.15, 0.2) is 48.7 Å². The maximum absolute atomic E-state index is 12.9. The second-order valence-electron chi connectivity index (χ2n) is 8.04. The molecule has 162 valence electrons. The molecule has 1 saturated heterocycles. The molecule has 1 aliphatic rings. The van der Waals surface area contributed by atoms with Gasteiger partial charge in [-0.05, 0) is 37.0 Å². The zero-order valence-corrected chi connectivity index (χ0v) is 18.5. The van der Waals surface area contributed by atoms with Crippen molar-refractivity contribution in [3.8, 4) is 11.1 Å².